The highest BCUT2D eigenvalue weighted by Gasteiger charge is 2.38. The SMILES string of the molecule is CCSC1NC(=O)C1CCOC(=O)OCC(Cl)(Cl)Cl. The molecule has 0 aromatic rings. The van der Waals surface area contributed by atoms with Crippen LogP contribution in [-0.4, -0.2) is 40.2 Å². The molecule has 1 amide bonds. The lowest BCUT2D eigenvalue weighted by atomic mass is 9.98. The van der Waals surface area contributed by atoms with Crippen LogP contribution in [0.5, 0.6) is 0 Å². The number of thioether (sulfide) groups is 1. The molecule has 1 heterocycles. The van der Waals surface area contributed by atoms with Crippen LogP contribution in [0.3, 0.4) is 0 Å². The first-order valence-electron chi connectivity index (χ1n) is 5.61. The van der Waals surface area contributed by atoms with Gasteiger partial charge in [-0.15, -0.1) is 11.8 Å². The summed E-state index contributed by atoms with van der Waals surface area (Å²) in [4.78, 5) is 22.4. The molecule has 0 spiro atoms. The first kappa shape index (κ1) is 17.0. The van der Waals surface area contributed by atoms with E-state index in [1.165, 1.54) is 0 Å². The van der Waals surface area contributed by atoms with Crippen molar-refractivity contribution in [3.8, 4) is 0 Å². The predicted molar refractivity (Wildman–Crippen MR) is 75.8 cm³/mol. The standard InChI is InChI=1S/C10H14Cl3NO4S/c1-2-19-8-6(7(15)14-8)3-4-17-9(16)18-5-10(11,12)13/h6,8H,2-5H2,1H3,(H,14,15). The van der Waals surface area contributed by atoms with Crippen molar-refractivity contribution in [3.63, 3.8) is 0 Å². The Morgan fingerprint density at radius 1 is 1.42 bits per heavy atom. The van der Waals surface area contributed by atoms with Gasteiger partial charge < -0.3 is 14.8 Å². The van der Waals surface area contributed by atoms with Crippen LogP contribution in [0.4, 0.5) is 4.79 Å². The topological polar surface area (TPSA) is 64.6 Å². The van der Waals surface area contributed by atoms with Crippen LogP contribution in [0.15, 0.2) is 0 Å². The average molecular weight is 351 g/mol. The van der Waals surface area contributed by atoms with Crippen LogP contribution >= 0.6 is 46.6 Å². The smallest absolute Gasteiger partial charge is 0.434 e. The maximum absolute atomic E-state index is 11.3. The summed E-state index contributed by atoms with van der Waals surface area (Å²) < 4.78 is 7.71. The maximum Gasteiger partial charge on any atom is 0.508 e. The molecular formula is C10H14Cl3NO4S. The highest BCUT2D eigenvalue weighted by Crippen LogP contribution is 2.28. The van der Waals surface area contributed by atoms with Gasteiger partial charge in [0.1, 0.15) is 6.61 Å². The Balaban J connectivity index is 2.16. The van der Waals surface area contributed by atoms with Crippen molar-refractivity contribution in [2.75, 3.05) is 19.0 Å². The third kappa shape index (κ3) is 6.29. The van der Waals surface area contributed by atoms with E-state index in [9.17, 15) is 9.59 Å². The fourth-order valence-corrected chi connectivity index (χ4v) is 2.67. The zero-order valence-electron chi connectivity index (χ0n) is 10.2. The summed E-state index contributed by atoms with van der Waals surface area (Å²) in [6.45, 7) is 1.73. The van der Waals surface area contributed by atoms with E-state index < -0.39 is 9.95 Å². The van der Waals surface area contributed by atoms with Gasteiger partial charge in [-0.25, -0.2) is 4.79 Å². The van der Waals surface area contributed by atoms with Crippen LogP contribution < -0.4 is 5.32 Å². The van der Waals surface area contributed by atoms with Gasteiger partial charge in [0.25, 0.3) is 0 Å². The van der Waals surface area contributed by atoms with Crippen molar-refractivity contribution in [1.29, 1.82) is 0 Å². The summed E-state index contributed by atoms with van der Waals surface area (Å²) in [5.41, 5.74) is 0. The predicted octanol–water partition coefficient (Wildman–Crippen LogP) is 2.73. The van der Waals surface area contributed by atoms with E-state index in [-0.39, 0.29) is 30.4 Å². The first-order chi connectivity index (χ1) is 8.83. The number of ether oxygens (including phenoxy) is 2. The van der Waals surface area contributed by atoms with Gasteiger partial charge in [0.05, 0.1) is 17.9 Å². The van der Waals surface area contributed by atoms with Gasteiger partial charge in [-0.05, 0) is 12.2 Å². The molecule has 110 valence electrons. The zero-order chi connectivity index (χ0) is 14.5. The maximum atomic E-state index is 11.3. The number of hydrogen-bond acceptors (Lipinski definition) is 5. The van der Waals surface area contributed by atoms with Gasteiger partial charge in [0.15, 0.2) is 0 Å². The van der Waals surface area contributed by atoms with E-state index in [2.05, 4.69) is 10.1 Å². The number of β-lactam (4-membered cyclic amide) rings is 1. The van der Waals surface area contributed by atoms with Crippen molar-refractivity contribution in [2.24, 2.45) is 5.92 Å². The Morgan fingerprint density at radius 3 is 2.63 bits per heavy atom. The van der Waals surface area contributed by atoms with E-state index in [0.717, 1.165) is 5.75 Å². The number of nitrogens with one attached hydrogen (secondary N) is 1. The lowest BCUT2D eigenvalue weighted by molar-refractivity contribution is -0.133. The van der Waals surface area contributed by atoms with Gasteiger partial charge in [0.2, 0.25) is 9.70 Å². The molecule has 1 rings (SSSR count). The molecule has 0 aliphatic carbocycles. The third-order valence-corrected chi connectivity index (χ3v) is 3.80. The molecule has 1 aliphatic rings. The van der Waals surface area contributed by atoms with Crippen LogP contribution in [0.2, 0.25) is 0 Å². The molecule has 19 heavy (non-hydrogen) atoms. The van der Waals surface area contributed by atoms with Crippen molar-refractivity contribution in [3.05, 3.63) is 0 Å². The van der Waals surface area contributed by atoms with Crippen molar-refractivity contribution < 1.29 is 19.1 Å². The molecule has 0 aromatic carbocycles. The second kappa shape index (κ2) is 7.67. The number of amides is 1. The van der Waals surface area contributed by atoms with E-state index >= 15 is 0 Å². The Bertz CT molecular complexity index is 337. The van der Waals surface area contributed by atoms with Crippen LogP contribution in [0.25, 0.3) is 0 Å². The summed E-state index contributed by atoms with van der Waals surface area (Å²) in [6, 6.07) is 0. The number of carbonyl (C=O) groups is 2. The molecule has 2 atom stereocenters. The fourth-order valence-electron chi connectivity index (χ4n) is 1.46. The van der Waals surface area contributed by atoms with Crippen LogP contribution in [-0.2, 0) is 14.3 Å². The van der Waals surface area contributed by atoms with E-state index in [4.69, 9.17) is 39.5 Å². The van der Waals surface area contributed by atoms with E-state index in [1.54, 1.807) is 11.8 Å². The first-order valence-corrected chi connectivity index (χ1v) is 7.80. The van der Waals surface area contributed by atoms with E-state index in [1.807, 2.05) is 6.92 Å². The molecule has 0 aromatic heterocycles. The summed E-state index contributed by atoms with van der Waals surface area (Å²) in [5.74, 6) is 0.753. The number of rotatable bonds is 6. The largest absolute Gasteiger partial charge is 0.508 e. The summed E-state index contributed by atoms with van der Waals surface area (Å²) in [6.07, 6.45) is -0.461. The molecule has 0 radical (unpaired) electrons. The molecular weight excluding hydrogens is 337 g/mol. The number of halogens is 3. The number of alkyl halides is 3. The van der Waals surface area contributed by atoms with Gasteiger partial charge in [-0.2, -0.15) is 0 Å². The Morgan fingerprint density at radius 2 is 2.11 bits per heavy atom. The molecule has 9 heteroatoms. The van der Waals surface area contributed by atoms with Crippen LogP contribution in [0, 0.1) is 5.92 Å². The molecule has 1 saturated heterocycles. The molecule has 0 saturated carbocycles. The normalized spacial score (nSPS) is 22.4. The minimum absolute atomic E-state index is 0.0239. The minimum atomic E-state index is -1.66. The van der Waals surface area contributed by atoms with Gasteiger partial charge in [-0.3, -0.25) is 4.79 Å². The van der Waals surface area contributed by atoms with Crippen LogP contribution in [0.1, 0.15) is 13.3 Å². The lowest BCUT2D eigenvalue weighted by Crippen LogP contribution is -2.56. The molecule has 1 N–H and O–H groups in total. The Kier molecular flexibility index (Phi) is 6.86. The average Bonchev–Trinajstić information content (AvgIpc) is 2.31. The third-order valence-electron chi connectivity index (χ3n) is 2.34. The van der Waals surface area contributed by atoms with Crippen molar-refractivity contribution in [1.82, 2.24) is 5.32 Å². The number of carbonyl (C=O) groups excluding carboxylic acids is 2. The zero-order valence-corrected chi connectivity index (χ0v) is 13.2. The monoisotopic (exact) mass is 349 g/mol. The minimum Gasteiger partial charge on any atom is -0.434 e. The highest BCUT2D eigenvalue weighted by atomic mass is 35.6. The highest BCUT2D eigenvalue weighted by molar-refractivity contribution is 8.00. The van der Waals surface area contributed by atoms with Gasteiger partial charge >= 0.3 is 6.16 Å². The van der Waals surface area contributed by atoms with Crippen molar-refractivity contribution >= 4 is 58.6 Å². The lowest BCUT2D eigenvalue weighted by Gasteiger charge is -2.35. The quantitative estimate of drug-likeness (QED) is 0.453. The second-order valence-corrected chi connectivity index (χ2v) is 7.72. The molecule has 1 aliphatic heterocycles. The number of hydrogen-bond donors (Lipinski definition) is 1. The summed E-state index contributed by atoms with van der Waals surface area (Å²) in [7, 11) is 0. The molecule has 1 fully saturated rings. The molecule has 2 unspecified atom stereocenters. The van der Waals surface area contributed by atoms with Gasteiger partial charge in [0, 0.05) is 0 Å². The second-order valence-electron chi connectivity index (χ2n) is 3.78. The van der Waals surface area contributed by atoms with Gasteiger partial charge in [-0.1, -0.05) is 41.7 Å². The van der Waals surface area contributed by atoms with Crippen molar-refractivity contribution in [2.45, 2.75) is 22.5 Å². The van der Waals surface area contributed by atoms with E-state index in [0.29, 0.717) is 6.42 Å². The summed E-state index contributed by atoms with van der Waals surface area (Å²) >= 11 is 17.9. The summed E-state index contributed by atoms with van der Waals surface area (Å²) in [5, 5.41) is 2.87. The Labute approximate surface area is 130 Å². The molecule has 5 nitrogen and oxygen atoms in total. The fraction of sp³-hybridized carbons (Fsp3) is 0.800. The Hall–Kier alpha value is -0.0400. The molecule has 0 bridgehead atoms.